The van der Waals surface area contributed by atoms with Crippen LogP contribution in [0.2, 0.25) is 5.02 Å². The van der Waals surface area contributed by atoms with Gasteiger partial charge in [-0.2, -0.15) is 18.2 Å². The molecule has 0 saturated heterocycles. The normalized spacial score (nSPS) is 14.8. The Morgan fingerprint density at radius 1 is 1.12 bits per heavy atom. The Balaban J connectivity index is 2.02. The van der Waals surface area contributed by atoms with E-state index in [0.717, 1.165) is 6.07 Å². The lowest BCUT2D eigenvalue weighted by molar-refractivity contribution is -0.137. The van der Waals surface area contributed by atoms with Gasteiger partial charge in [-0.05, 0) is 35.2 Å². The molecule has 0 bridgehead atoms. The summed E-state index contributed by atoms with van der Waals surface area (Å²) < 4.78 is 66.7. The number of nitrogens with zero attached hydrogens (tertiary/aromatic N) is 2. The van der Waals surface area contributed by atoms with E-state index in [2.05, 4.69) is 15.3 Å². The van der Waals surface area contributed by atoms with E-state index in [1.807, 2.05) is 0 Å². The van der Waals surface area contributed by atoms with Crippen molar-refractivity contribution in [2.45, 2.75) is 31.8 Å². The van der Waals surface area contributed by atoms with Crippen molar-refractivity contribution in [1.82, 2.24) is 0 Å². The molecule has 0 unspecified atom stereocenters. The van der Waals surface area contributed by atoms with E-state index < -0.39 is 27.0 Å². The van der Waals surface area contributed by atoms with Gasteiger partial charge in [0.05, 0.1) is 21.2 Å². The monoisotopic (exact) mass is 486 g/mol. The van der Waals surface area contributed by atoms with Crippen molar-refractivity contribution in [3.8, 4) is 11.1 Å². The number of alkyl halides is 3. The lowest BCUT2D eigenvalue weighted by atomic mass is 9.98. The molecule has 3 rings (SSSR count). The van der Waals surface area contributed by atoms with Crippen molar-refractivity contribution >= 4 is 38.9 Å². The van der Waals surface area contributed by atoms with E-state index in [1.165, 1.54) is 30.3 Å². The van der Waals surface area contributed by atoms with Gasteiger partial charge in [0.15, 0.2) is 9.84 Å². The number of anilines is 1. The molecule has 32 heavy (non-hydrogen) atoms. The Bertz CT molecular complexity index is 1200. The molecule has 2 aromatic rings. The number of sulfone groups is 1. The van der Waals surface area contributed by atoms with Crippen LogP contribution in [0.4, 0.5) is 18.9 Å². The highest BCUT2D eigenvalue weighted by atomic mass is 35.5. The molecular formula is C21H22ClF3N4O2S. The predicted octanol–water partition coefficient (Wildman–Crippen LogP) is 4.98. The van der Waals surface area contributed by atoms with E-state index in [1.54, 1.807) is 20.8 Å². The van der Waals surface area contributed by atoms with Gasteiger partial charge in [0.2, 0.25) is 5.96 Å². The molecule has 0 spiro atoms. The molecule has 0 aromatic heterocycles. The lowest BCUT2D eigenvalue weighted by Crippen LogP contribution is -2.20. The number of halogens is 4. The number of nitrogens with two attached hydrogens (primary N) is 1. The molecule has 0 aliphatic carbocycles. The molecule has 1 heterocycles. The van der Waals surface area contributed by atoms with Crippen LogP contribution in [0.3, 0.4) is 0 Å². The first-order chi connectivity index (χ1) is 14.7. The molecule has 11 heteroatoms. The van der Waals surface area contributed by atoms with Crippen LogP contribution in [0, 0.1) is 5.41 Å². The zero-order valence-corrected chi connectivity index (χ0v) is 19.2. The second-order valence-corrected chi connectivity index (χ2v) is 11.0. The van der Waals surface area contributed by atoms with E-state index in [9.17, 15) is 21.6 Å². The van der Waals surface area contributed by atoms with Crippen LogP contribution in [0.5, 0.6) is 0 Å². The number of hydrogen-bond acceptors (Lipinski definition) is 6. The molecule has 1 aliphatic heterocycles. The molecular weight excluding hydrogens is 465 g/mol. The van der Waals surface area contributed by atoms with Crippen molar-refractivity contribution < 1.29 is 21.6 Å². The Kier molecular flexibility index (Phi) is 6.32. The third-order valence-corrected chi connectivity index (χ3v) is 6.95. The zero-order valence-electron chi connectivity index (χ0n) is 17.6. The number of amidine groups is 1. The zero-order chi connectivity index (χ0) is 23.9. The number of guanidine groups is 1. The van der Waals surface area contributed by atoms with Crippen LogP contribution >= 0.6 is 11.6 Å². The molecule has 172 valence electrons. The third-order valence-electron chi connectivity index (χ3n) is 4.42. The van der Waals surface area contributed by atoms with Gasteiger partial charge in [-0.1, -0.05) is 44.5 Å². The maximum atomic E-state index is 13.9. The van der Waals surface area contributed by atoms with Crippen LogP contribution in [0.15, 0.2) is 51.3 Å². The van der Waals surface area contributed by atoms with Gasteiger partial charge < -0.3 is 11.1 Å². The van der Waals surface area contributed by atoms with Crippen molar-refractivity contribution in [2.24, 2.45) is 21.1 Å². The minimum Gasteiger partial charge on any atom is -0.385 e. The van der Waals surface area contributed by atoms with Gasteiger partial charge in [-0.25, -0.2) is 13.4 Å². The highest BCUT2D eigenvalue weighted by molar-refractivity contribution is 7.91. The molecule has 0 atom stereocenters. The van der Waals surface area contributed by atoms with Crippen LogP contribution in [-0.2, 0) is 16.0 Å². The van der Waals surface area contributed by atoms with E-state index in [0.29, 0.717) is 0 Å². The molecule has 3 N–H and O–H groups in total. The summed E-state index contributed by atoms with van der Waals surface area (Å²) in [6.45, 7) is 5.53. The largest absolute Gasteiger partial charge is 0.417 e. The number of rotatable bonds is 4. The highest BCUT2D eigenvalue weighted by Gasteiger charge is 2.35. The van der Waals surface area contributed by atoms with Crippen molar-refractivity contribution in [3.05, 3.63) is 47.0 Å². The fourth-order valence-corrected chi connectivity index (χ4v) is 5.42. The van der Waals surface area contributed by atoms with E-state index in [4.69, 9.17) is 17.3 Å². The predicted molar refractivity (Wildman–Crippen MR) is 121 cm³/mol. The summed E-state index contributed by atoms with van der Waals surface area (Å²) in [4.78, 5) is 7.90. The summed E-state index contributed by atoms with van der Waals surface area (Å²) in [6, 6.07) is 7.46. The fourth-order valence-electron chi connectivity index (χ4n) is 3.24. The molecule has 0 fully saturated rings. The minimum absolute atomic E-state index is 0.0360. The third kappa shape index (κ3) is 5.60. The van der Waals surface area contributed by atoms with Gasteiger partial charge >= 0.3 is 6.18 Å². The fraction of sp³-hybridized carbons (Fsp3) is 0.333. The quantitative estimate of drug-likeness (QED) is 0.636. The number of hydrogen-bond donors (Lipinski definition) is 2. The van der Waals surface area contributed by atoms with Crippen LogP contribution in [-0.4, -0.2) is 32.5 Å². The molecule has 1 aliphatic rings. The van der Waals surface area contributed by atoms with E-state index >= 15 is 0 Å². The average Bonchev–Trinajstić information content (AvgIpc) is 3.03. The van der Waals surface area contributed by atoms with Gasteiger partial charge in [-0.3, -0.25) is 0 Å². The summed E-state index contributed by atoms with van der Waals surface area (Å²) in [7, 11) is -3.59. The highest BCUT2D eigenvalue weighted by Crippen LogP contribution is 2.43. The lowest BCUT2D eigenvalue weighted by Gasteiger charge is -2.19. The topological polar surface area (TPSA) is 96.9 Å². The van der Waals surface area contributed by atoms with Gasteiger partial charge in [0.1, 0.15) is 12.4 Å². The molecule has 2 aromatic carbocycles. The number of nitrogens with one attached hydrogen (secondary N) is 1. The van der Waals surface area contributed by atoms with Crippen molar-refractivity contribution in [2.75, 3.05) is 17.6 Å². The summed E-state index contributed by atoms with van der Waals surface area (Å²) in [5.74, 6) is 0.242. The Morgan fingerprint density at radius 2 is 1.75 bits per heavy atom. The maximum absolute atomic E-state index is 13.9. The van der Waals surface area contributed by atoms with Crippen LogP contribution in [0.25, 0.3) is 11.1 Å². The maximum Gasteiger partial charge on any atom is 0.417 e. The summed E-state index contributed by atoms with van der Waals surface area (Å²) >= 11 is 6.25. The first-order valence-electron chi connectivity index (χ1n) is 9.54. The smallest absolute Gasteiger partial charge is 0.385 e. The van der Waals surface area contributed by atoms with E-state index in [-0.39, 0.29) is 50.8 Å². The first-order valence-corrected chi connectivity index (χ1v) is 11.6. The van der Waals surface area contributed by atoms with Crippen LogP contribution in [0.1, 0.15) is 26.3 Å². The molecule has 0 saturated carbocycles. The standard InChI is InChI=1S/C21H22ClF3N4O2S/c1-20(2,3)11-32(30,31)14-6-4-12(5-7-14)18-15(21(23,24)25)8-13(9-16(18)22)28-19-27-10-17(26)29-19/h4-9H,10-11H2,1-3H3,(H3,26,27,28,29). The van der Waals surface area contributed by atoms with Gasteiger partial charge in [0, 0.05) is 11.3 Å². The molecule has 6 nitrogen and oxygen atoms in total. The van der Waals surface area contributed by atoms with Gasteiger partial charge in [-0.15, -0.1) is 0 Å². The summed E-state index contributed by atoms with van der Waals surface area (Å²) in [5.41, 5.74) is 4.03. The minimum atomic E-state index is -4.71. The molecule has 0 amide bonds. The SMILES string of the molecule is CC(C)(C)CS(=O)(=O)c1ccc(-c2c(Cl)cc(NC3=NCC(N)=N3)cc2C(F)(F)F)cc1. The number of benzene rings is 2. The first kappa shape index (κ1) is 24.1. The molecule has 0 radical (unpaired) electrons. The Hall–Kier alpha value is -2.59. The van der Waals surface area contributed by atoms with Crippen molar-refractivity contribution in [3.63, 3.8) is 0 Å². The number of aliphatic imine (C=N–C) groups is 2. The van der Waals surface area contributed by atoms with Crippen LogP contribution < -0.4 is 11.1 Å². The summed E-state index contributed by atoms with van der Waals surface area (Å²) in [6.07, 6.45) is -4.71. The second-order valence-electron chi connectivity index (χ2n) is 8.59. The van der Waals surface area contributed by atoms with Gasteiger partial charge in [0.25, 0.3) is 0 Å². The van der Waals surface area contributed by atoms with Crippen molar-refractivity contribution in [1.29, 1.82) is 0 Å². The summed E-state index contributed by atoms with van der Waals surface area (Å²) in [5, 5.41) is 2.51. The Labute approximate surface area is 189 Å². The second kappa shape index (κ2) is 8.40. The average molecular weight is 487 g/mol. The Morgan fingerprint density at radius 3 is 2.25 bits per heavy atom.